The summed E-state index contributed by atoms with van der Waals surface area (Å²) < 4.78 is 36.2. The zero-order chi connectivity index (χ0) is 10.1. The van der Waals surface area contributed by atoms with E-state index in [4.69, 9.17) is 0 Å². The summed E-state index contributed by atoms with van der Waals surface area (Å²) in [7, 11) is 0. The van der Waals surface area contributed by atoms with E-state index in [1.807, 2.05) is 5.10 Å². The normalized spacial score (nSPS) is 13.5. The minimum atomic E-state index is -4.35. The van der Waals surface area contributed by atoms with Gasteiger partial charge in [-0.1, -0.05) is 6.08 Å². The fourth-order valence-electron chi connectivity index (χ4n) is 0.817. The SMILES string of the molecule is C/C=C(/C)c1cc(C(F)(F)F)[nH]n1. The molecule has 0 radical (unpaired) electrons. The van der Waals surface area contributed by atoms with Gasteiger partial charge in [-0.25, -0.2) is 0 Å². The van der Waals surface area contributed by atoms with Crippen LogP contribution in [0.15, 0.2) is 12.1 Å². The van der Waals surface area contributed by atoms with Gasteiger partial charge < -0.3 is 0 Å². The van der Waals surface area contributed by atoms with Gasteiger partial charge in [-0.05, 0) is 25.5 Å². The van der Waals surface area contributed by atoms with Gasteiger partial charge in [0, 0.05) is 0 Å². The quantitative estimate of drug-likeness (QED) is 0.724. The van der Waals surface area contributed by atoms with Gasteiger partial charge in [0.25, 0.3) is 0 Å². The Kier molecular flexibility index (Phi) is 2.45. The van der Waals surface area contributed by atoms with Gasteiger partial charge in [-0.2, -0.15) is 18.3 Å². The molecule has 1 N–H and O–H groups in total. The molecule has 1 aromatic rings. The van der Waals surface area contributed by atoms with E-state index in [9.17, 15) is 13.2 Å². The summed E-state index contributed by atoms with van der Waals surface area (Å²) in [5, 5.41) is 5.49. The minimum absolute atomic E-state index is 0.329. The Balaban J connectivity index is 3.00. The molecule has 0 aliphatic heterocycles. The lowest BCUT2D eigenvalue weighted by Gasteiger charge is -1.99. The number of aromatic nitrogens is 2. The van der Waals surface area contributed by atoms with Crippen LogP contribution in [-0.2, 0) is 6.18 Å². The molecule has 13 heavy (non-hydrogen) atoms. The maximum atomic E-state index is 12.1. The number of aromatic amines is 1. The van der Waals surface area contributed by atoms with Crippen LogP contribution in [0.4, 0.5) is 13.2 Å². The lowest BCUT2D eigenvalue weighted by molar-refractivity contribution is -0.141. The number of alkyl halides is 3. The van der Waals surface area contributed by atoms with E-state index in [1.54, 1.807) is 19.9 Å². The van der Waals surface area contributed by atoms with Crippen LogP contribution in [0.25, 0.3) is 5.57 Å². The van der Waals surface area contributed by atoms with Crippen molar-refractivity contribution in [1.82, 2.24) is 10.2 Å². The van der Waals surface area contributed by atoms with Gasteiger partial charge in [0.05, 0.1) is 5.69 Å². The molecule has 5 heteroatoms. The monoisotopic (exact) mass is 190 g/mol. The second kappa shape index (κ2) is 3.24. The number of nitrogens with one attached hydrogen (secondary N) is 1. The van der Waals surface area contributed by atoms with E-state index in [0.29, 0.717) is 11.3 Å². The molecule has 0 aliphatic rings. The number of hydrogen-bond acceptors (Lipinski definition) is 1. The summed E-state index contributed by atoms with van der Waals surface area (Å²) in [5.41, 5.74) is 0.227. The molecule has 0 amide bonds. The number of rotatable bonds is 1. The molecule has 1 aromatic heterocycles. The molecule has 0 spiro atoms. The summed E-state index contributed by atoms with van der Waals surface area (Å²) >= 11 is 0. The van der Waals surface area contributed by atoms with Crippen LogP contribution in [0.3, 0.4) is 0 Å². The van der Waals surface area contributed by atoms with E-state index in [0.717, 1.165) is 6.07 Å². The third-order valence-electron chi connectivity index (χ3n) is 1.72. The highest BCUT2D eigenvalue weighted by molar-refractivity contribution is 5.60. The average molecular weight is 190 g/mol. The first kappa shape index (κ1) is 9.83. The second-order valence-corrected chi connectivity index (χ2v) is 2.64. The summed E-state index contributed by atoms with van der Waals surface area (Å²) in [5.74, 6) is 0. The predicted octanol–water partition coefficient (Wildman–Crippen LogP) is 2.85. The topological polar surface area (TPSA) is 28.7 Å². The lowest BCUT2D eigenvalue weighted by atomic mass is 10.2. The first-order chi connectivity index (χ1) is 5.95. The number of allylic oxidation sites excluding steroid dienone is 2. The Morgan fingerprint density at radius 2 is 2.15 bits per heavy atom. The minimum Gasteiger partial charge on any atom is -0.273 e. The first-order valence-corrected chi connectivity index (χ1v) is 3.71. The molecule has 0 aliphatic carbocycles. The van der Waals surface area contributed by atoms with E-state index in [1.165, 1.54) is 0 Å². The number of nitrogens with zero attached hydrogens (tertiary/aromatic N) is 1. The van der Waals surface area contributed by atoms with Crippen molar-refractivity contribution in [3.63, 3.8) is 0 Å². The third kappa shape index (κ3) is 2.11. The van der Waals surface area contributed by atoms with E-state index >= 15 is 0 Å². The summed E-state index contributed by atoms with van der Waals surface area (Å²) in [6.07, 6.45) is -2.64. The Bertz CT molecular complexity index is 322. The second-order valence-electron chi connectivity index (χ2n) is 2.64. The molecule has 0 bridgehead atoms. The van der Waals surface area contributed by atoms with Crippen LogP contribution in [-0.4, -0.2) is 10.2 Å². The standard InChI is InChI=1S/C8H9F3N2/c1-3-5(2)6-4-7(13-12-6)8(9,10)11/h3-4H,1-2H3,(H,12,13)/b5-3-. The summed E-state index contributed by atoms with van der Waals surface area (Å²) in [4.78, 5) is 0. The molecule has 1 heterocycles. The highest BCUT2D eigenvalue weighted by atomic mass is 19.4. The predicted molar refractivity (Wildman–Crippen MR) is 42.9 cm³/mol. The Hall–Kier alpha value is -1.26. The van der Waals surface area contributed by atoms with E-state index in [2.05, 4.69) is 5.10 Å². The maximum absolute atomic E-state index is 12.1. The van der Waals surface area contributed by atoms with Crippen molar-refractivity contribution in [2.24, 2.45) is 0 Å². The molecular formula is C8H9F3N2. The van der Waals surface area contributed by atoms with Crippen molar-refractivity contribution < 1.29 is 13.2 Å². The van der Waals surface area contributed by atoms with Gasteiger partial charge in [0.15, 0.2) is 0 Å². The van der Waals surface area contributed by atoms with Gasteiger partial charge in [-0.3, -0.25) is 5.10 Å². The molecule has 0 fully saturated rings. The van der Waals surface area contributed by atoms with Crippen molar-refractivity contribution in [2.45, 2.75) is 20.0 Å². The number of hydrogen-bond donors (Lipinski definition) is 1. The fraction of sp³-hybridized carbons (Fsp3) is 0.375. The highest BCUT2D eigenvalue weighted by Gasteiger charge is 2.32. The van der Waals surface area contributed by atoms with Crippen LogP contribution in [0, 0.1) is 0 Å². The van der Waals surface area contributed by atoms with Gasteiger partial charge >= 0.3 is 6.18 Å². The van der Waals surface area contributed by atoms with Crippen molar-refractivity contribution in [3.05, 3.63) is 23.5 Å². The molecule has 0 unspecified atom stereocenters. The molecule has 0 atom stereocenters. The zero-order valence-corrected chi connectivity index (χ0v) is 7.24. The third-order valence-corrected chi connectivity index (χ3v) is 1.72. The zero-order valence-electron chi connectivity index (χ0n) is 7.24. The van der Waals surface area contributed by atoms with Gasteiger partial charge in [0.1, 0.15) is 5.69 Å². The van der Waals surface area contributed by atoms with Crippen molar-refractivity contribution in [1.29, 1.82) is 0 Å². The van der Waals surface area contributed by atoms with Crippen LogP contribution in [0.2, 0.25) is 0 Å². The van der Waals surface area contributed by atoms with Gasteiger partial charge in [-0.15, -0.1) is 0 Å². The van der Waals surface area contributed by atoms with E-state index < -0.39 is 11.9 Å². The van der Waals surface area contributed by atoms with Crippen LogP contribution >= 0.6 is 0 Å². The molecule has 2 nitrogen and oxygen atoms in total. The van der Waals surface area contributed by atoms with Crippen LogP contribution in [0.5, 0.6) is 0 Å². The average Bonchev–Trinajstić information content (AvgIpc) is 2.50. The molecule has 0 aromatic carbocycles. The lowest BCUT2D eigenvalue weighted by Crippen LogP contribution is -2.04. The van der Waals surface area contributed by atoms with Gasteiger partial charge in [0.2, 0.25) is 0 Å². The molecule has 0 saturated heterocycles. The summed E-state index contributed by atoms with van der Waals surface area (Å²) in [6, 6.07) is 0.995. The largest absolute Gasteiger partial charge is 0.432 e. The Morgan fingerprint density at radius 1 is 1.54 bits per heavy atom. The van der Waals surface area contributed by atoms with Crippen LogP contribution < -0.4 is 0 Å². The smallest absolute Gasteiger partial charge is 0.273 e. The fourth-order valence-corrected chi connectivity index (χ4v) is 0.817. The molecule has 72 valence electrons. The maximum Gasteiger partial charge on any atom is 0.432 e. The Labute approximate surface area is 73.5 Å². The van der Waals surface area contributed by atoms with Crippen molar-refractivity contribution >= 4 is 5.57 Å². The van der Waals surface area contributed by atoms with Crippen molar-refractivity contribution in [2.75, 3.05) is 0 Å². The highest BCUT2D eigenvalue weighted by Crippen LogP contribution is 2.28. The number of H-pyrrole nitrogens is 1. The molecule has 0 saturated carbocycles. The van der Waals surface area contributed by atoms with Crippen LogP contribution in [0.1, 0.15) is 25.2 Å². The van der Waals surface area contributed by atoms with Crippen molar-refractivity contribution in [3.8, 4) is 0 Å². The van der Waals surface area contributed by atoms with E-state index in [-0.39, 0.29) is 0 Å². The first-order valence-electron chi connectivity index (χ1n) is 3.71. The molecular weight excluding hydrogens is 181 g/mol. The Morgan fingerprint density at radius 3 is 2.54 bits per heavy atom. The molecule has 1 rings (SSSR count). The summed E-state index contributed by atoms with van der Waals surface area (Å²) in [6.45, 7) is 3.45. The number of halogens is 3.